The third-order valence-electron chi connectivity index (χ3n) is 4.37. The van der Waals surface area contributed by atoms with Gasteiger partial charge in [-0.1, -0.05) is 6.92 Å². The lowest BCUT2D eigenvalue weighted by Crippen LogP contribution is -2.47. The molecule has 0 aliphatic heterocycles. The summed E-state index contributed by atoms with van der Waals surface area (Å²) < 4.78 is 5.33. The van der Waals surface area contributed by atoms with Gasteiger partial charge in [0.1, 0.15) is 10.6 Å². The van der Waals surface area contributed by atoms with Gasteiger partial charge in [-0.2, -0.15) is 0 Å². The molecule has 0 bridgehead atoms. The van der Waals surface area contributed by atoms with Crippen LogP contribution < -0.4 is 16.0 Å². The fraction of sp³-hybridized carbons (Fsp3) is 0.737. The zero-order chi connectivity index (χ0) is 19.9. The molecule has 7 nitrogen and oxygen atoms in total. The monoisotopic (exact) mass is 523 g/mol. The molecule has 1 heterocycles. The fourth-order valence-corrected chi connectivity index (χ4v) is 3.80. The van der Waals surface area contributed by atoms with Crippen molar-refractivity contribution in [2.24, 2.45) is 4.99 Å². The molecule has 0 spiro atoms. The Bertz CT molecular complexity index is 637. The molecule has 0 radical (unpaired) electrons. The van der Waals surface area contributed by atoms with Crippen LogP contribution in [0, 0.1) is 0 Å². The van der Waals surface area contributed by atoms with Gasteiger partial charge in [-0.15, -0.1) is 35.3 Å². The highest BCUT2D eigenvalue weighted by Gasteiger charge is 2.25. The third kappa shape index (κ3) is 8.93. The van der Waals surface area contributed by atoms with E-state index in [0.717, 1.165) is 43.1 Å². The summed E-state index contributed by atoms with van der Waals surface area (Å²) in [7, 11) is 1.78. The van der Waals surface area contributed by atoms with Gasteiger partial charge in [0, 0.05) is 30.2 Å². The summed E-state index contributed by atoms with van der Waals surface area (Å²) in [4.78, 5) is 21.9. The van der Waals surface area contributed by atoms with Crippen LogP contribution in [0.15, 0.2) is 11.2 Å². The van der Waals surface area contributed by atoms with Gasteiger partial charge in [-0.3, -0.25) is 4.99 Å². The first-order valence-corrected chi connectivity index (χ1v) is 10.5. The number of nitrogens with one attached hydrogen (secondary N) is 3. The van der Waals surface area contributed by atoms with E-state index >= 15 is 0 Å². The second-order valence-electron chi connectivity index (χ2n) is 7.84. The van der Waals surface area contributed by atoms with E-state index in [0.29, 0.717) is 12.6 Å². The lowest BCUT2D eigenvalue weighted by molar-refractivity contribution is 0.0490. The van der Waals surface area contributed by atoms with Gasteiger partial charge in [0.05, 0.1) is 6.54 Å². The SMILES string of the molecule is CCc1cnc(CNC(=NC)NC2CCC(NC(=O)OC(C)(C)C)CC2)s1.I. The Morgan fingerprint density at radius 3 is 2.36 bits per heavy atom. The van der Waals surface area contributed by atoms with Crippen LogP contribution in [0.5, 0.6) is 0 Å². The number of aryl methyl sites for hydroxylation is 1. The Labute approximate surface area is 189 Å². The van der Waals surface area contributed by atoms with Crippen molar-refractivity contribution >= 4 is 47.4 Å². The number of aliphatic imine (C=N–C) groups is 1. The van der Waals surface area contributed by atoms with E-state index in [4.69, 9.17) is 4.74 Å². The molecule has 160 valence electrons. The summed E-state index contributed by atoms with van der Waals surface area (Å²) in [6.07, 6.45) is 6.46. The summed E-state index contributed by atoms with van der Waals surface area (Å²) in [5.74, 6) is 0.798. The molecule has 9 heteroatoms. The van der Waals surface area contributed by atoms with Crippen molar-refractivity contribution < 1.29 is 9.53 Å². The third-order valence-corrected chi connectivity index (χ3v) is 5.51. The van der Waals surface area contributed by atoms with E-state index in [9.17, 15) is 4.79 Å². The molecule has 0 unspecified atom stereocenters. The molecule has 1 amide bonds. The Morgan fingerprint density at radius 2 is 1.86 bits per heavy atom. The van der Waals surface area contributed by atoms with Crippen molar-refractivity contribution in [2.45, 2.75) is 84.0 Å². The van der Waals surface area contributed by atoms with Crippen molar-refractivity contribution in [1.82, 2.24) is 20.9 Å². The molecular formula is C19H34IN5O2S. The smallest absolute Gasteiger partial charge is 0.407 e. The van der Waals surface area contributed by atoms with E-state index < -0.39 is 5.60 Å². The maximum Gasteiger partial charge on any atom is 0.407 e. The molecule has 28 heavy (non-hydrogen) atoms. The highest BCUT2D eigenvalue weighted by atomic mass is 127. The quantitative estimate of drug-likeness (QED) is 0.310. The predicted octanol–water partition coefficient (Wildman–Crippen LogP) is 3.82. The van der Waals surface area contributed by atoms with E-state index in [1.807, 2.05) is 27.0 Å². The lowest BCUT2D eigenvalue weighted by Gasteiger charge is -2.31. The van der Waals surface area contributed by atoms with Crippen molar-refractivity contribution in [1.29, 1.82) is 0 Å². The number of guanidine groups is 1. The van der Waals surface area contributed by atoms with Crippen LogP contribution in [0.2, 0.25) is 0 Å². The Hall–Kier alpha value is -1.10. The molecule has 1 aliphatic carbocycles. The number of ether oxygens (including phenoxy) is 1. The van der Waals surface area contributed by atoms with Crippen molar-refractivity contribution in [3.63, 3.8) is 0 Å². The minimum Gasteiger partial charge on any atom is -0.444 e. The number of halogens is 1. The van der Waals surface area contributed by atoms with Crippen LogP contribution in [0.25, 0.3) is 0 Å². The van der Waals surface area contributed by atoms with Gasteiger partial charge < -0.3 is 20.7 Å². The van der Waals surface area contributed by atoms with Crippen molar-refractivity contribution in [2.75, 3.05) is 7.05 Å². The molecule has 0 atom stereocenters. The van der Waals surface area contributed by atoms with Gasteiger partial charge in [-0.25, -0.2) is 9.78 Å². The van der Waals surface area contributed by atoms with Gasteiger partial charge in [0.15, 0.2) is 5.96 Å². The number of hydrogen-bond acceptors (Lipinski definition) is 5. The minimum atomic E-state index is -0.462. The summed E-state index contributed by atoms with van der Waals surface area (Å²) in [6, 6.07) is 0.533. The number of amides is 1. The first-order chi connectivity index (χ1) is 12.8. The minimum absolute atomic E-state index is 0. The number of rotatable bonds is 5. The number of aromatic nitrogens is 1. The zero-order valence-electron chi connectivity index (χ0n) is 17.5. The van der Waals surface area contributed by atoms with E-state index in [-0.39, 0.29) is 36.1 Å². The highest BCUT2D eigenvalue weighted by molar-refractivity contribution is 14.0. The maximum absolute atomic E-state index is 11.9. The number of nitrogens with zero attached hydrogens (tertiary/aromatic N) is 2. The van der Waals surface area contributed by atoms with Crippen LogP contribution >= 0.6 is 35.3 Å². The summed E-state index contributed by atoms with van der Waals surface area (Å²) in [6.45, 7) is 8.45. The normalized spacial score (nSPS) is 20.1. The number of carbonyl (C=O) groups excluding carboxylic acids is 1. The van der Waals surface area contributed by atoms with E-state index in [1.54, 1.807) is 18.4 Å². The molecule has 1 aromatic rings. The Balaban J connectivity index is 0.00000392. The molecule has 1 saturated carbocycles. The van der Waals surface area contributed by atoms with E-state index in [2.05, 4.69) is 32.9 Å². The standard InChI is InChI=1S/C19H33N5O2S.HI/c1-6-15-11-21-16(27-15)12-22-17(20-5)23-13-7-9-14(10-8-13)24-18(25)26-19(2,3)4;/h11,13-14H,6-10,12H2,1-5H3,(H,24,25)(H2,20,22,23);1H. The second kappa shape index (κ2) is 11.8. The van der Waals surface area contributed by atoms with Crippen LogP contribution in [-0.4, -0.2) is 41.8 Å². The molecule has 1 fully saturated rings. The molecule has 3 N–H and O–H groups in total. The highest BCUT2D eigenvalue weighted by Crippen LogP contribution is 2.19. The van der Waals surface area contributed by atoms with Gasteiger partial charge in [0.2, 0.25) is 0 Å². The van der Waals surface area contributed by atoms with Crippen LogP contribution in [-0.2, 0) is 17.7 Å². The number of hydrogen-bond donors (Lipinski definition) is 3. The largest absolute Gasteiger partial charge is 0.444 e. The topological polar surface area (TPSA) is 87.6 Å². The van der Waals surface area contributed by atoms with Crippen LogP contribution in [0.3, 0.4) is 0 Å². The maximum atomic E-state index is 11.9. The van der Waals surface area contributed by atoms with Crippen molar-refractivity contribution in [3.8, 4) is 0 Å². The fourth-order valence-electron chi connectivity index (χ4n) is 3.00. The first kappa shape index (κ1) is 24.9. The van der Waals surface area contributed by atoms with Crippen molar-refractivity contribution in [3.05, 3.63) is 16.1 Å². The first-order valence-electron chi connectivity index (χ1n) is 9.69. The van der Waals surface area contributed by atoms with Gasteiger partial charge >= 0.3 is 6.09 Å². The number of carbonyl (C=O) groups is 1. The molecule has 1 aromatic heterocycles. The summed E-state index contributed by atoms with van der Waals surface area (Å²) in [5, 5.41) is 10.9. The van der Waals surface area contributed by atoms with Gasteiger partial charge in [-0.05, 0) is 52.9 Å². The van der Waals surface area contributed by atoms with Crippen LogP contribution in [0.1, 0.15) is 63.3 Å². The lowest BCUT2D eigenvalue weighted by atomic mass is 9.91. The average molecular weight is 523 g/mol. The van der Waals surface area contributed by atoms with E-state index in [1.165, 1.54) is 4.88 Å². The average Bonchev–Trinajstić information content (AvgIpc) is 3.06. The zero-order valence-corrected chi connectivity index (χ0v) is 20.6. The molecular weight excluding hydrogens is 489 g/mol. The summed E-state index contributed by atoms with van der Waals surface area (Å²) >= 11 is 1.73. The predicted molar refractivity (Wildman–Crippen MR) is 126 cm³/mol. The molecule has 0 aromatic carbocycles. The molecule has 1 aliphatic rings. The molecule has 0 saturated heterocycles. The summed E-state index contributed by atoms with van der Waals surface area (Å²) in [5.41, 5.74) is -0.462. The van der Waals surface area contributed by atoms with Crippen LogP contribution in [0.4, 0.5) is 4.79 Å². The molecule has 2 rings (SSSR count). The second-order valence-corrected chi connectivity index (χ2v) is 9.04. The Kier molecular flexibility index (Phi) is 10.5. The number of alkyl carbamates (subject to hydrolysis) is 1. The Morgan fingerprint density at radius 1 is 1.25 bits per heavy atom. The number of thiazole rings is 1. The van der Waals surface area contributed by atoms with Gasteiger partial charge in [0.25, 0.3) is 0 Å².